The number of aryl methyl sites for hydroxylation is 2. The Labute approximate surface area is 189 Å². The van der Waals surface area contributed by atoms with Crippen LogP contribution in [0.5, 0.6) is 0 Å². The smallest absolute Gasteiger partial charge is 0.249 e. The number of hydrogen-bond donors (Lipinski definition) is 1. The van der Waals surface area contributed by atoms with E-state index in [4.69, 9.17) is 23.2 Å². The minimum absolute atomic E-state index is 0.00981. The lowest BCUT2D eigenvalue weighted by molar-refractivity contribution is -0.125. The number of anilines is 2. The highest BCUT2D eigenvalue weighted by Crippen LogP contribution is 2.27. The summed E-state index contributed by atoms with van der Waals surface area (Å²) in [7, 11) is 0. The highest BCUT2D eigenvalue weighted by atomic mass is 35.5. The topological polar surface area (TPSA) is 103 Å². The number of nitriles is 1. The minimum Gasteiger partial charge on any atom is -0.323 e. The SMILES string of the molecule is Cc1ccc(C)c(N2N=C(C(=O)C(C#N)C(=O)Nc3ccc(Cl)cc3Cl)CCC2=O)c1. The number of carbonyl (C=O) groups is 3. The van der Waals surface area contributed by atoms with Crippen molar-refractivity contribution >= 4 is 57.9 Å². The largest absolute Gasteiger partial charge is 0.323 e. The summed E-state index contributed by atoms with van der Waals surface area (Å²) in [6, 6.07) is 11.7. The Hall–Kier alpha value is -3.21. The molecule has 3 rings (SSSR count). The van der Waals surface area contributed by atoms with E-state index in [9.17, 15) is 19.6 Å². The quantitative estimate of drug-likeness (QED) is 0.671. The lowest BCUT2D eigenvalue weighted by Crippen LogP contribution is -2.39. The number of benzene rings is 2. The first-order chi connectivity index (χ1) is 14.7. The van der Waals surface area contributed by atoms with Crippen molar-refractivity contribution in [3.8, 4) is 6.07 Å². The van der Waals surface area contributed by atoms with Crippen LogP contribution in [0.25, 0.3) is 0 Å². The molecule has 2 amide bonds. The second-order valence-electron chi connectivity index (χ2n) is 7.08. The Bertz CT molecular complexity index is 1150. The highest BCUT2D eigenvalue weighted by Gasteiger charge is 2.34. The number of ketones is 1. The molecule has 7 nitrogen and oxygen atoms in total. The number of halogens is 2. The van der Waals surface area contributed by atoms with Crippen molar-refractivity contribution in [3.63, 3.8) is 0 Å². The number of nitrogens with zero attached hydrogens (tertiary/aromatic N) is 3. The molecule has 0 aromatic heterocycles. The average Bonchev–Trinajstić information content (AvgIpc) is 2.73. The van der Waals surface area contributed by atoms with Gasteiger partial charge in [-0.1, -0.05) is 35.3 Å². The number of carbonyl (C=O) groups excluding carboxylic acids is 3. The molecule has 31 heavy (non-hydrogen) atoms. The van der Waals surface area contributed by atoms with Gasteiger partial charge in [0.1, 0.15) is 5.71 Å². The maximum Gasteiger partial charge on any atom is 0.249 e. The summed E-state index contributed by atoms with van der Waals surface area (Å²) < 4.78 is 0. The molecule has 0 saturated heterocycles. The molecule has 2 aromatic rings. The van der Waals surface area contributed by atoms with Gasteiger partial charge in [0.2, 0.25) is 17.6 Å². The van der Waals surface area contributed by atoms with Crippen molar-refractivity contribution in [3.05, 3.63) is 57.6 Å². The van der Waals surface area contributed by atoms with E-state index < -0.39 is 17.6 Å². The van der Waals surface area contributed by atoms with E-state index in [2.05, 4.69) is 10.4 Å². The van der Waals surface area contributed by atoms with Crippen molar-refractivity contribution in [1.82, 2.24) is 0 Å². The molecule has 1 aliphatic heterocycles. The molecule has 0 fully saturated rings. The van der Waals surface area contributed by atoms with Crippen LogP contribution in [0, 0.1) is 31.1 Å². The van der Waals surface area contributed by atoms with E-state index in [0.29, 0.717) is 10.7 Å². The fourth-order valence-electron chi connectivity index (χ4n) is 3.06. The number of hydrazone groups is 1. The predicted molar refractivity (Wildman–Crippen MR) is 119 cm³/mol. The standard InChI is InChI=1S/C22H18Cl2N4O3/c1-12-3-4-13(2)19(9-12)28-20(29)8-7-18(27-28)21(30)15(11-25)22(31)26-17-6-5-14(23)10-16(17)24/h3-6,9-10,15H,7-8H2,1-2H3,(H,26,31). The minimum atomic E-state index is -1.64. The summed E-state index contributed by atoms with van der Waals surface area (Å²) in [6.45, 7) is 3.71. The second kappa shape index (κ2) is 9.29. The zero-order valence-electron chi connectivity index (χ0n) is 16.8. The lowest BCUT2D eigenvalue weighted by Gasteiger charge is -2.25. The Kier molecular flexibility index (Phi) is 6.74. The van der Waals surface area contributed by atoms with Gasteiger partial charge in [0, 0.05) is 17.9 Å². The summed E-state index contributed by atoms with van der Waals surface area (Å²) in [5.74, 6) is -3.50. The Morgan fingerprint density at radius 1 is 1.16 bits per heavy atom. The molecule has 1 atom stereocenters. The molecule has 158 valence electrons. The van der Waals surface area contributed by atoms with E-state index in [-0.39, 0.29) is 35.2 Å². The van der Waals surface area contributed by atoms with Gasteiger partial charge in [0.05, 0.1) is 22.5 Å². The zero-order chi connectivity index (χ0) is 22.7. The Morgan fingerprint density at radius 3 is 2.58 bits per heavy atom. The molecule has 9 heteroatoms. The van der Waals surface area contributed by atoms with Gasteiger partial charge >= 0.3 is 0 Å². The highest BCUT2D eigenvalue weighted by molar-refractivity contribution is 6.46. The van der Waals surface area contributed by atoms with E-state index in [0.717, 1.165) is 11.1 Å². The summed E-state index contributed by atoms with van der Waals surface area (Å²) in [5.41, 5.74) is 2.51. The third-order valence-corrected chi connectivity index (χ3v) is 5.30. The molecule has 0 spiro atoms. The molecule has 1 aliphatic rings. The van der Waals surface area contributed by atoms with Crippen LogP contribution in [0.1, 0.15) is 24.0 Å². The van der Waals surface area contributed by atoms with Gasteiger partial charge in [-0.05, 0) is 49.2 Å². The van der Waals surface area contributed by atoms with Gasteiger partial charge in [-0.2, -0.15) is 10.4 Å². The van der Waals surface area contributed by atoms with Crippen LogP contribution in [0.4, 0.5) is 11.4 Å². The van der Waals surface area contributed by atoms with Crippen molar-refractivity contribution in [2.75, 3.05) is 10.3 Å². The van der Waals surface area contributed by atoms with Gasteiger partial charge in [-0.25, -0.2) is 5.01 Å². The van der Waals surface area contributed by atoms with Crippen LogP contribution in [-0.4, -0.2) is 23.3 Å². The summed E-state index contributed by atoms with van der Waals surface area (Å²) in [4.78, 5) is 38.0. The molecular formula is C22H18Cl2N4O3. The van der Waals surface area contributed by atoms with Crippen molar-refractivity contribution < 1.29 is 14.4 Å². The normalized spacial score (nSPS) is 14.5. The molecule has 1 unspecified atom stereocenters. The maximum absolute atomic E-state index is 12.9. The van der Waals surface area contributed by atoms with E-state index in [1.54, 1.807) is 12.1 Å². The number of amides is 2. The number of hydrogen-bond acceptors (Lipinski definition) is 5. The number of Topliss-reactive ketones (excluding diaryl/α,β-unsaturated/α-hetero) is 1. The van der Waals surface area contributed by atoms with E-state index in [1.807, 2.05) is 26.0 Å². The van der Waals surface area contributed by atoms with Crippen LogP contribution >= 0.6 is 23.2 Å². The van der Waals surface area contributed by atoms with Crippen molar-refractivity contribution in [2.45, 2.75) is 26.7 Å². The van der Waals surface area contributed by atoms with Crippen LogP contribution in [0.2, 0.25) is 10.0 Å². The number of rotatable bonds is 5. The van der Waals surface area contributed by atoms with Crippen molar-refractivity contribution in [1.29, 1.82) is 5.26 Å². The van der Waals surface area contributed by atoms with Crippen LogP contribution in [-0.2, 0) is 14.4 Å². The summed E-state index contributed by atoms with van der Waals surface area (Å²) in [5, 5.41) is 17.9. The molecule has 0 radical (unpaired) electrons. The maximum atomic E-state index is 12.9. The van der Waals surface area contributed by atoms with Gasteiger partial charge in [-0.3, -0.25) is 14.4 Å². The van der Waals surface area contributed by atoms with Crippen LogP contribution in [0.3, 0.4) is 0 Å². The fourth-order valence-corrected chi connectivity index (χ4v) is 3.52. The summed E-state index contributed by atoms with van der Waals surface area (Å²) >= 11 is 11.9. The third-order valence-electron chi connectivity index (χ3n) is 4.75. The molecule has 0 bridgehead atoms. The van der Waals surface area contributed by atoms with Crippen LogP contribution in [0.15, 0.2) is 41.5 Å². The zero-order valence-corrected chi connectivity index (χ0v) is 18.3. The van der Waals surface area contributed by atoms with E-state index in [1.165, 1.54) is 23.2 Å². The monoisotopic (exact) mass is 456 g/mol. The first-order valence-corrected chi connectivity index (χ1v) is 10.1. The number of nitrogens with one attached hydrogen (secondary N) is 1. The Balaban J connectivity index is 1.87. The molecule has 2 aromatic carbocycles. The molecule has 1 heterocycles. The second-order valence-corrected chi connectivity index (χ2v) is 7.93. The van der Waals surface area contributed by atoms with Gasteiger partial charge in [0.25, 0.3) is 0 Å². The Morgan fingerprint density at radius 2 is 1.90 bits per heavy atom. The van der Waals surface area contributed by atoms with Crippen molar-refractivity contribution in [2.24, 2.45) is 11.0 Å². The summed E-state index contributed by atoms with van der Waals surface area (Å²) in [6.07, 6.45) is 0.0902. The molecule has 0 saturated carbocycles. The predicted octanol–water partition coefficient (Wildman–Crippen LogP) is 4.44. The van der Waals surface area contributed by atoms with Gasteiger partial charge in [-0.15, -0.1) is 0 Å². The fraction of sp³-hybridized carbons (Fsp3) is 0.227. The first kappa shape index (κ1) is 22.5. The lowest BCUT2D eigenvalue weighted by atomic mass is 9.97. The average molecular weight is 457 g/mol. The van der Waals surface area contributed by atoms with Gasteiger partial charge < -0.3 is 5.32 Å². The third kappa shape index (κ3) is 4.93. The van der Waals surface area contributed by atoms with E-state index >= 15 is 0 Å². The van der Waals surface area contributed by atoms with Gasteiger partial charge in [0.15, 0.2) is 5.92 Å². The molecule has 0 aliphatic carbocycles. The first-order valence-electron chi connectivity index (χ1n) is 9.38. The molecular weight excluding hydrogens is 439 g/mol. The molecule has 1 N–H and O–H groups in total. The van der Waals surface area contributed by atoms with Crippen LogP contribution < -0.4 is 10.3 Å².